The van der Waals surface area contributed by atoms with E-state index in [1.54, 1.807) is 0 Å². The van der Waals surface area contributed by atoms with Crippen molar-refractivity contribution in [2.75, 3.05) is 26.4 Å². The third-order valence-corrected chi connectivity index (χ3v) is 4.10. The van der Waals surface area contributed by atoms with Gasteiger partial charge in [-0.2, -0.15) is 5.10 Å². The van der Waals surface area contributed by atoms with E-state index in [-0.39, 0.29) is 5.54 Å². The molecular formula is C18H24N6. The summed E-state index contributed by atoms with van der Waals surface area (Å²) in [5, 5.41) is 5.70. The van der Waals surface area contributed by atoms with Gasteiger partial charge in [0.15, 0.2) is 5.65 Å². The number of benzene rings is 1. The Morgan fingerprint density at radius 3 is 2.42 bits per heavy atom. The molecule has 2 N–H and O–H groups in total. The molecule has 126 valence electrons. The lowest BCUT2D eigenvalue weighted by Crippen LogP contribution is -2.38. The summed E-state index contributed by atoms with van der Waals surface area (Å²) in [4.78, 5) is 10.8. The van der Waals surface area contributed by atoms with Crippen LogP contribution in [-0.2, 0) is 5.54 Å². The molecule has 3 rings (SSSR count). The third kappa shape index (κ3) is 2.85. The number of fused-ring (bicyclic) bond motifs is 1. The van der Waals surface area contributed by atoms with Crippen LogP contribution in [0.1, 0.15) is 19.4 Å². The predicted octanol–water partition coefficient (Wildman–Crippen LogP) is 2.68. The molecule has 2 aromatic heterocycles. The zero-order chi connectivity index (χ0) is 17.5. The van der Waals surface area contributed by atoms with Gasteiger partial charge in [-0.25, -0.2) is 14.6 Å². The molecule has 0 aliphatic heterocycles. The molecule has 0 amide bonds. The SMILES string of the molecule is Cc1ccc(-c2nn(C(C)(C)CN(C)C)c3ncnc(N)c23)cc1. The molecule has 6 nitrogen and oxygen atoms in total. The highest BCUT2D eigenvalue weighted by Crippen LogP contribution is 2.33. The Kier molecular flexibility index (Phi) is 4.01. The van der Waals surface area contributed by atoms with Crippen molar-refractivity contribution in [3.8, 4) is 11.3 Å². The van der Waals surface area contributed by atoms with Crippen molar-refractivity contribution in [3.63, 3.8) is 0 Å². The molecule has 0 unspecified atom stereocenters. The summed E-state index contributed by atoms with van der Waals surface area (Å²) in [5.41, 5.74) is 9.76. The van der Waals surface area contributed by atoms with Gasteiger partial charge < -0.3 is 10.6 Å². The predicted molar refractivity (Wildman–Crippen MR) is 97.8 cm³/mol. The van der Waals surface area contributed by atoms with Crippen LogP contribution >= 0.6 is 0 Å². The second kappa shape index (κ2) is 5.87. The van der Waals surface area contributed by atoms with Crippen LogP contribution in [0.2, 0.25) is 0 Å². The molecule has 0 bridgehead atoms. The van der Waals surface area contributed by atoms with E-state index in [0.29, 0.717) is 5.82 Å². The van der Waals surface area contributed by atoms with Crippen molar-refractivity contribution in [2.45, 2.75) is 26.3 Å². The summed E-state index contributed by atoms with van der Waals surface area (Å²) in [6.45, 7) is 7.20. The molecule has 0 spiro atoms. The lowest BCUT2D eigenvalue weighted by atomic mass is 10.1. The molecule has 0 aliphatic carbocycles. The van der Waals surface area contributed by atoms with Crippen LogP contribution < -0.4 is 5.73 Å². The van der Waals surface area contributed by atoms with Crippen molar-refractivity contribution in [3.05, 3.63) is 36.2 Å². The summed E-state index contributed by atoms with van der Waals surface area (Å²) in [5.74, 6) is 0.461. The van der Waals surface area contributed by atoms with E-state index in [1.165, 1.54) is 11.9 Å². The minimum atomic E-state index is -0.231. The van der Waals surface area contributed by atoms with Gasteiger partial charge in [-0.3, -0.25) is 0 Å². The molecule has 0 atom stereocenters. The van der Waals surface area contributed by atoms with Crippen LogP contribution in [0.15, 0.2) is 30.6 Å². The first kappa shape index (κ1) is 16.4. The van der Waals surface area contributed by atoms with Crippen LogP contribution in [0.4, 0.5) is 5.82 Å². The van der Waals surface area contributed by atoms with E-state index in [0.717, 1.165) is 28.8 Å². The number of hydrogen-bond donors (Lipinski definition) is 1. The summed E-state index contributed by atoms with van der Waals surface area (Å²) in [7, 11) is 4.11. The smallest absolute Gasteiger partial charge is 0.164 e. The summed E-state index contributed by atoms with van der Waals surface area (Å²) in [6.07, 6.45) is 1.50. The van der Waals surface area contributed by atoms with Crippen molar-refractivity contribution >= 4 is 16.9 Å². The lowest BCUT2D eigenvalue weighted by molar-refractivity contribution is 0.228. The number of nitrogens with zero attached hydrogens (tertiary/aromatic N) is 5. The maximum atomic E-state index is 6.17. The fraction of sp³-hybridized carbons (Fsp3) is 0.389. The third-order valence-electron chi connectivity index (χ3n) is 4.10. The van der Waals surface area contributed by atoms with Crippen LogP contribution in [-0.4, -0.2) is 45.3 Å². The summed E-state index contributed by atoms with van der Waals surface area (Å²) in [6, 6.07) is 8.27. The van der Waals surface area contributed by atoms with E-state index < -0.39 is 0 Å². The molecular weight excluding hydrogens is 300 g/mol. The molecule has 6 heteroatoms. The molecule has 0 saturated carbocycles. The molecule has 24 heavy (non-hydrogen) atoms. The van der Waals surface area contributed by atoms with Crippen LogP contribution in [0.25, 0.3) is 22.3 Å². The molecule has 2 heterocycles. The van der Waals surface area contributed by atoms with Gasteiger partial charge in [0.1, 0.15) is 17.8 Å². The molecule has 0 aliphatic rings. The zero-order valence-electron chi connectivity index (χ0n) is 14.9. The first-order chi connectivity index (χ1) is 11.3. The number of aryl methyl sites for hydroxylation is 1. The number of aromatic nitrogens is 4. The van der Waals surface area contributed by atoms with Crippen molar-refractivity contribution in [1.29, 1.82) is 0 Å². The average molecular weight is 324 g/mol. The van der Waals surface area contributed by atoms with E-state index in [1.807, 2.05) is 4.68 Å². The van der Waals surface area contributed by atoms with Gasteiger partial charge in [-0.15, -0.1) is 0 Å². The van der Waals surface area contributed by atoms with Crippen LogP contribution in [0.3, 0.4) is 0 Å². The van der Waals surface area contributed by atoms with E-state index in [4.69, 9.17) is 10.8 Å². The number of nitrogens with two attached hydrogens (primary N) is 1. The second-order valence-electron chi connectivity index (χ2n) is 7.13. The molecule has 0 radical (unpaired) electrons. The quantitative estimate of drug-likeness (QED) is 0.799. The van der Waals surface area contributed by atoms with E-state index in [9.17, 15) is 0 Å². The van der Waals surface area contributed by atoms with Crippen molar-refractivity contribution in [1.82, 2.24) is 24.6 Å². The Labute approximate surface area is 142 Å². The maximum Gasteiger partial charge on any atom is 0.164 e. The Bertz CT molecular complexity index is 861. The molecule has 3 aromatic rings. The highest BCUT2D eigenvalue weighted by atomic mass is 15.4. The highest BCUT2D eigenvalue weighted by molar-refractivity contribution is 5.98. The number of likely N-dealkylation sites (N-methyl/N-ethyl adjacent to an activating group) is 1. The Morgan fingerprint density at radius 1 is 1.12 bits per heavy atom. The monoisotopic (exact) mass is 324 g/mol. The first-order valence-corrected chi connectivity index (χ1v) is 8.01. The van der Waals surface area contributed by atoms with Gasteiger partial charge in [0, 0.05) is 12.1 Å². The largest absolute Gasteiger partial charge is 0.383 e. The van der Waals surface area contributed by atoms with Gasteiger partial charge in [0.05, 0.1) is 10.9 Å². The molecule has 1 aromatic carbocycles. The van der Waals surface area contributed by atoms with Crippen molar-refractivity contribution < 1.29 is 0 Å². The first-order valence-electron chi connectivity index (χ1n) is 8.01. The van der Waals surface area contributed by atoms with E-state index >= 15 is 0 Å². The number of nitrogen functional groups attached to an aromatic ring is 1. The Hall–Kier alpha value is -2.47. The Balaban J connectivity index is 2.26. The number of anilines is 1. The van der Waals surface area contributed by atoms with E-state index in [2.05, 4.69) is 74.0 Å². The van der Waals surface area contributed by atoms with Crippen LogP contribution in [0, 0.1) is 6.92 Å². The second-order valence-corrected chi connectivity index (χ2v) is 7.13. The van der Waals surface area contributed by atoms with Gasteiger partial charge in [0.25, 0.3) is 0 Å². The maximum absolute atomic E-state index is 6.17. The summed E-state index contributed by atoms with van der Waals surface area (Å²) < 4.78 is 1.97. The fourth-order valence-corrected chi connectivity index (χ4v) is 3.15. The Morgan fingerprint density at radius 2 is 1.79 bits per heavy atom. The molecule has 0 saturated heterocycles. The topological polar surface area (TPSA) is 72.9 Å². The van der Waals surface area contributed by atoms with Gasteiger partial charge >= 0.3 is 0 Å². The number of hydrogen-bond acceptors (Lipinski definition) is 5. The van der Waals surface area contributed by atoms with Crippen LogP contribution in [0.5, 0.6) is 0 Å². The summed E-state index contributed by atoms with van der Waals surface area (Å²) >= 11 is 0. The molecule has 0 fully saturated rings. The normalized spacial score (nSPS) is 12.2. The average Bonchev–Trinajstić information content (AvgIpc) is 2.88. The van der Waals surface area contributed by atoms with Crippen molar-refractivity contribution in [2.24, 2.45) is 0 Å². The van der Waals surface area contributed by atoms with Gasteiger partial charge in [-0.05, 0) is 34.9 Å². The van der Waals surface area contributed by atoms with Gasteiger partial charge in [-0.1, -0.05) is 29.8 Å². The fourth-order valence-electron chi connectivity index (χ4n) is 3.15. The lowest BCUT2D eigenvalue weighted by Gasteiger charge is -2.29. The van der Waals surface area contributed by atoms with Gasteiger partial charge in [0.2, 0.25) is 0 Å². The minimum Gasteiger partial charge on any atom is -0.383 e. The zero-order valence-corrected chi connectivity index (χ0v) is 14.9. The minimum absolute atomic E-state index is 0.231. The standard InChI is InChI=1S/C18H24N6/c1-12-6-8-13(9-7-12)15-14-16(19)20-11-21-17(14)24(22-15)18(2,3)10-23(4)5/h6-9,11H,10H2,1-5H3,(H2,19,20,21). The number of rotatable bonds is 4. The highest BCUT2D eigenvalue weighted by Gasteiger charge is 2.28.